The third-order valence-electron chi connectivity index (χ3n) is 22.4. The second-order valence-electron chi connectivity index (χ2n) is 33.1. The van der Waals surface area contributed by atoms with Crippen LogP contribution in [0.15, 0.2) is 177 Å². The molecule has 0 aromatic heterocycles. The number of rotatable bonds is 21. The van der Waals surface area contributed by atoms with Crippen molar-refractivity contribution in [3.8, 4) is 118 Å². The summed E-state index contributed by atoms with van der Waals surface area (Å²) < 4.78 is 1.42. The maximum atomic E-state index is 5.31. The molecule has 0 aliphatic carbocycles. The van der Waals surface area contributed by atoms with Crippen molar-refractivity contribution < 1.29 is 0 Å². The van der Waals surface area contributed by atoms with Gasteiger partial charge in [0.15, 0.2) is 0 Å². The van der Waals surface area contributed by atoms with Crippen LogP contribution in [0.5, 0.6) is 0 Å². The van der Waals surface area contributed by atoms with Crippen LogP contribution in [0.3, 0.4) is 0 Å². The maximum Gasteiger partial charge on any atom is 0.146 e. The quantitative estimate of drug-likeness (QED) is 0.0382. The molecule has 0 nitrogen and oxygen atoms in total. The van der Waals surface area contributed by atoms with Crippen molar-refractivity contribution in [1.82, 2.24) is 0 Å². The summed E-state index contributed by atoms with van der Waals surface area (Å²) in [6, 6.07) is 50.4. The largest absolute Gasteiger partial charge is 0.146 e. The highest BCUT2D eigenvalue weighted by Crippen LogP contribution is 2.43. The van der Waals surface area contributed by atoms with Gasteiger partial charge in [0.1, 0.15) is 24.2 Å². The van der Waals surface area contributed by atoms with E-state index in [1.165, 1.54) is 15.6 Å². The van der Waals surface area contributed by atoms with Crippen LogP contribution in [0.1, 0.15) is 306 Å². The SMILES string of the molecule is C.C#Cc1ccc2cc(C#C)ccc2c1.CCC/C(C#Cc1ccc(C#C[Si](C(C)C)(C(C)C)C(C)C)cc1)=C(\C#Cc1ccc2cc(C#C/C(CCC)=C(/C#Cc3ccc(C#C[Si](C(C)C)(C(C)C)C(C)C)cc3)CCC)ccc2c1)CCC.CCC/C(I)=C(\C#Cc1ccc(C#C[Si](C(C)C)(C(C)C)C(C)C)cc1)CCC. The van der Waals surface area contributed by atoms with E-state index in [0.717, 1.165) is 170 Å². The molecular formula is C110H135ISi3. The van der Waals surface area contributed by atoms with Gasteiger partial charge in [0.2, 0.25) is 0 Å². The van der Waals surface area contributed by atoms with Crippen LogP contribution in [-0.4, -0.2) is 24.2 Å². The average molecular weight is 1670 g/mol. The van der Waals surface area contributed by atoms with Crippen molar-refractivity contribution in [2.75, 3.05) is 0 Å². The van der Waals surface area contributed by atoms with Gasteiger partial charge in [0.05, 0.1) is 0 Å². The fourth-order valence-electron chi connectivity index (χ4n) is 16.4. The Kier molecular flexibility index (Phi) is 42.2. The molecule has 0 heterocycles. The van der Waals surface area contributed by atoms with E-state index in [4.69, 9.17) is 12.8 Å². The monoisotopic (exact) mass is 1670 g/mol. The number of allylic oxidation sites excluding steroid dienone is 6. The normalized spacial score (nSPS) is 11.8. The number of hydrogen-bond donors (Lipinski definition) is 0. The van der Waals surface area contributed by atoms with E-state index in [9.17, 15) is 0 Å². The molecule has 0 N–H and O–H groups in total. The number of hydrogen-bond acceptors (Lipinski definition) is 0. The standard InChI is InChI=1S/C68H84Si2.C27H39ISi.C14H8.CH4/c1-17-21-63(39-33-57-25-29-59(30-26-57)45-47-69(51(5)6,52(7)8)53(9)10)65(23-19-3)41-35-61-37-43-68-50-62(38-44-67(68)49-61)36-42-66(24-20-4)64(22-18-2)40-34-58-27-31-60(32-28-58)46-48-70(54(11)12,55(13)14)56(15)16;1-9-11-26(27(28)12-10-2)18-17-24-13-15-25(16-14-24)19-20-29(21(3)4,22(5)6)23(7)8;1-3-11-5-7-14-10-12(4-2)6-8-13(14)9-11;/h25-32,37-38,43-44,49-56H,17-24H2,1-16H3;13-16,21-23H,9-12H2,1-8H3;1-2,5-10H;1H4/b65-63+,66-64+;27-26+;;. The molecule has 7 rings (SSSR count). The predicted molar refractivity (Wildman–Crippen MR) is 523 cm³/mol. The minimum Gasteiger partial charge on any atom is -0.125 e. The lowest BCUT2D eigenvalue weighted by atomic mass is 9.98. The Bertz CT molecular complexity index is 4740. The van der Waals surface area contributed by atoms with E-state index in [1.54, 1.807) is 0 Å². The highest BCUT2D eigenvalue weighted by Gasteiger charge is 2.44. The Morgan fingerprint density at radius 3 is 0.640 bits per heavy atom. The summed E-state index contributed by atoms with van der Waals surface area (Å²) in [6.45, 7) is 55.9. The van der Waals surface area contributed by atoms with Gasteiger partial charge in [-0.2, -0.15) is 0 Å². The highest BCUT2D eigenvalue weighted by atomic mass is 127. The Morgan fingerprint density at radius 2 is 0.430 bits per heavy atom. The van der Waals surface area contributed by atoms with Crippen LogP contribution < -0.4 is 0 Å². The summed E-state index contributed by atoms with van der Waals surface area (Å²) in [5.41, 5.74) is 33.2. The van der Waals surface area contributed by atoms with E-state index in [0.29, 0.717) is 49.9 Å². The van der Waals surface area contributed by atoms with Crippen LogP contribution in [0.4, 0.5) is 0 Å². The summed E-state index contributed by atoms with van der Waals surface area (Å²) in [7, 11) is -5.25. The lowest BCUT2D eigenvalue weighted by Gasteiger charge is -2.38. The van der Waals surface area contributed by atoms with Gasteiger partial charge in [0, 0.05) is 87.1 Å². The second-order valence-corrected chi connectivity index (χ2v) is 51.1. The first-order valence-electron chi connectivity index (χ1n) is 42.3. The summed E-state index contributed by atoms with van der Waals surface area (Å²) in [6.07, 6.45) is 22.9. The van der Waals surface area contributed by atoms with Crippen molar-refractivity contribution in [2.24, 2.45) is 0 Å². The molecular weight excluding hydrogens is 1530 g/mol. The van der Waals surface area contributed by atoms with Crippen LogP contribution in [-0.2, 0) is 0 Å². The van der Waals surface area contributed by atoms with E-state index >= 15 is 0 Å². The molecule has 7 aromatic rings. The molecule has 0 saturated heterocycles. The van der Waals surface area contributed by atoms with E-state index in [-0.39, 0.29) is 7.43 Å². The molecule has 0 bridgehead atoms. The predicted octanol–water partition coefficient (Wildman–Crippen LogP) is 30.9. The minimum atomic E-state index is -1.79. The summed E-state index contributed by atoms with van der Waals surface area (Å²) in [4.78, 5) is 0. The molecule has 0 spiro atoms. The number of terminal acetylenes is 2. The molecule has 0 atom stereocenters. The molecule has 0 radical (unpaired) electrons. The Balaban J connectivity index is 0.000000503. The van der Waals surface area contributed by atoms with Gasteiger partial charge in [0.25, 0.3) is 0 Å². The van der Waals surface area contributed by atoms with Gasteiger partial charge in [-0.05, 0) is 254 Å². The average Bonchev–Trinajstić information content (AvgIpc) is 0.800. The van der Waals surface area contributed by atoms with Crippen molar-refractivity contribution in [3.63, 3.8) is 0 Å². The van der Waals surface area contributed by atoms with Crippen LogP contribution in [0, 0.1) is 118 Å². The van der Waals surface area contributed by atoms with Gasteiger partial charge < -0.3 is 0 Å². The first kappa shape index (κ1) is 97.6. The van der Waals surface area contributed by atoms with E-state index in [2.05, 4.69) is 403 Å². The third kappa shape index (κ3) is 28.0. The van der Waals surface area contributed by atoms with Crippen molar-refractivity contribution >= 4 is 68.4 Å². The molecule has 4 heteroatoms. The van der Waals surface area contributed by atoms with Gasteiger partial charge in [-0.15, -0.1) is 29.5 Å². The smallest absolute Gasteiger partial charge is 0.125 e. The molecule has 7 aromatic carbocycles. The molecule has 0 unspecified atom stereocenters. The highest BCUT2D eigenvalue weighted by molar-refractivity contribution is 14.1. The summed E-state index contributed by atoms with van der Waals surface area (Å²) in [5.74, 6) is 51.0. The van der Waals surface area contributed by atoms with E-state index < -0.39 is 24.2 Å². The Hall–Kier alpha value is -8.74. The fraction of sp³-hybridized carbons (Fsp3) is 0.418. The topological polar surface area (TPSA) is 0 Å². The molecule has 0 aliphatic rings. The molecule has 594 valence electrons. The molecule has 0 amide bonds. The van der Waals surface area contributed by atoms with Gasteiger partial charge in [-0.25, -0.2) is 0 Å². The number of halogens is 1. The summed E-state index contributed by atoms with van der Waals surface area (Å²) >= 11 is 2.47. The lowest BCUT2D eigenvalue weighted by Crippen LogP contribution is -2.43. The van der Waals surface area contributed by atoms with Gasteiger partial charge in [-0.1, -0.05) is 325 Å². The zero-order valence-corrected chi connectivity index (χ0v) is 78.7. The Morgan fingerprint density at radius 1 is 0.254 bits per heavy atom. The third-order valence-corrected chi connectivity index (χ3v) is 42.4. The van der Waals surface area contributed by atoms with Crippen molar-refractivity contribution in [3.05, 3.63) is 233 Å². The fourth-order valence-corrected chi connectivity index (χ4v) is 33.0. The van der Waals surface area contributed by atoms with Crippen molar-refractivity contribution in [2.45, 2.75) is 301 Å². The minimum absolute atomic E-state index is 0. The van der Waals surface area contributed by atoms with Crippen LogP contribution >= 0.6 is 22.6 Å². The molecule has 114 heavy (non-hydrogen) atoms. The van der Waals surface area contributed by atoms with E-state index in [1.807, 2.05) is 36.4 Å². The van der Waals surface area contributed by atoms with Gasteiger partial charge >= 0.3 is 0 Å². The number of fused-ring (bicyclic) bond motifs is 2. The second kappa shape index (κ2) is 49.2. The lowest BCUT2D eigenvalue weighted by molar-refractivity contribution is 0.838. The molecule has 0 fully saturated rings. The molecule has 0 saturated carbocycles. The van der Waals surface area contributed by atoms with Crippen molar-refractivity contribution in [1.29, 1.82) is 0 Å². The maximum absolute atomic E-state index is 5.31. The first-order chi connectivity index (χ1) is 54.0. The summed E-state index contributed by atoms with van der Waals surface area (Å²) in [5, 5.41) is 4.57. The number of benzene rings is 7. The van der Waals surface area contributed by atoms with Crippen LogP contribution in [0.25, 0.3) is 21.5 Å². The van der Waals surface area contributed by atoms with Gasteiger partial charge in [-0.3, -0.25) is 0 Å². The molecule has 0 aliphatic heterocycles. The Labute approximate surface area is 714 Å². The zero-order chi connectivity index (χ0) is 83.4. The zero-order valence-electron chi connectivity index (χ0n) is 73.6. The first-order valence-corrected chi connectivity index (χ1v) is 50.1. The van der Waals surface area contributed by atoms with Crippen LogP contribution in [0.2, 0.25) is 49.9 Å².